The molecule has 5 nitrogen and oxygen atoms in total. The van der Waals surface area contributed by atoms with Crippen LogP contribution in [0, 0.1) is 5.82 Å². The largest absolute Gasteiger partial charge is 0.507 e. The van der Waals surface area contributed by atoms with Gasteiger partial charge in [0, 0.05) is 24.3 Å². The number of nitrogens with zero attached hydrogens (tertiary/aromatic N) is 1. The molecule has 2 heterocycles. The molecule has 0 bridgehead atoms. The normalized spacial score (nSPS) is 24.1. The molecule has 2 aromatic carbocycles. The number of hydrogen-bond donors (Lipinski definition) is 1. The standard InChI is InChI=1S/C22H20FNO4/c23-17-11-5-4-10-16(17)19-18(20(25)14-7-2-1-3-8-14)21(26)22(27)24(19)13-15-9-6-12-28-15/h1-5,7-8,10-11,15,19,25H,6,9,12-13H2/b20-18+/t15-,19-/m0/s1. The number of aliphatic hydroxyl groups is 1. The highest BCUT2D eigenvalue weighted by molar-refractivity contribution is 6.46. The van der Waals surface area contributed by atoms with E-state index in [2.05, 4.69) is 0 Å². The zero-order chi connectivity index (χ0) is 19.7. The molecule has 28 heavy (non-hydrogen) atoms. The van der Waals surface area contributed by atoms with E-state index in [4.69, 9.17) is 4.74 Å². The molecule has 0 radical (unpaired) electrons. The second kappa shape index (κ2) is 7.56. The van der Waals surface area contributed by atoms with E-state index in [0.29, 0.717) is 12.2 Å². The van der Waals surface area contributed by atoms with Gasteiger partial charge in [0.05, 0.1) is 17.7 Å². The smallest absolute Gasteiger partial charge is 0.295 e. The maximum Gasteiger partial charge on any atom is 0.295 e. The Hall–Kier alpha value is -2.99. The fraction of sp³-hybridized carbons (Fsp3) is 0.273. The van der Waals surface area contributed by atoms with Gasteiger partial charge in [0.15, 0.2) is 0 Å². The number of ketones is 1. The second-order valence-corrected chi connectivity index (χ2v) is 6.97. The molecule has 6 heteroatoms. The zero-order valence-electron chi connectivity index (χ0n) is 15.2. The van der Waals surface area contributed by atoms with Gasteiger partial charge in [-0.1, -0.05) is 48.5 Å². The third-order valence-corrected chi connectivity index (χ3v) is 5.21. The van der Waals surface area contributed by atoms with Crippen molar-refractivity contribution >= 4 is 17.4 Å². The second-order valence-electron chi connectivity index (χ2n) is 6.97. The molecule has 2 aliphatic heterocycles. The lowest BCUT2D eigenvalue weighted by Gasteiger charge is -2.27. The number of rotatable bonds is 4. The minimum Gasteiger partial charge on any atom is -0.507 e. The summed E-state index contributed by atoms with van der Waals surface area (Å²) in [6.07, 6.45) is 1.44. The van der Waals surface area contributed by atoms with Crippen LogP contribution in [0.5, 0.6) is 0 Å². The molecule has 1 N–H and O–H groups in total. The number of hydrogen-bond acceptors (Lipinski definition) is 4. The summed E-state index contributed by atoms with van der Waals surface area (Å²) in [6.45, 7) is 0.776. The number of aliphatic hydroxyl groups excluding tert-OH is 1. The summed E-state index contributed by atoms with van der Waals surface area (Å²) in [5.74, 6) is -2.40. The minimum absolute atomic E-state index is 0.0979. The van der Waals surface area contributed by atoms with Crippen LogP contribution >= 0.6 is 0 Å². The Balaban J connectivity index is 1.84. The quantitative estimate of drug-likeness (QED) is 0.501. The highest BCUT2D eigenvalue weighted by Crippen LogP contribution is 2.40. The van der Waals surface area contributed by atoms with Crippen LogP contribution in [0.1, 0.15) is 30.0 Å². The van der Waals surface area contributed by atoms with Crippen molar-refractivity contribution in [2.75, 3.05) is 13.2 Å². The van der Waals surface area contributed by atoms with Gasteiger partial charge in [0.2, 0.25) is 0 Å². The van der Waals surface area contributed by atoms with Crippen LogP contribution in [-0.4, -0.2) is 41.0 Å². The average molecular weight is 381 g/mol. The van der Waals surface area contributed by atoms with Crippen molar-refractivity contribution in [1.29, 1.82) is 0 Å². The number of carbonyl (C=O) groups excluding carboxylic acids is 2. The van der Waals surface area contributed by atoms with Crippen LogP contribution < -0.4 is 0 Å². The topological polar surface area (TPSA) is 66.8 Å². The molecule has 2 atom stereocenters. The summed E-state index contributed by atoms with van der Waals surface area (Å²) in [4.78, 5) is 26.9. The van der Waals surface area contributed by atoms with Gasteiger partial charge in [-0.05, 0) is 18.9 Å². The Morgan fingerprint density at radius 3 is 2.50 bits per heavy atom. The van der Waals surface area contributed by atoms with Gasteiger partial charge in [-0.15, -0.1) is 0 Å². The number of benzene rings is 2. The number of likely N-dealkylation sites (tertiary alicyclic amines) is 1. The molecule has 2 aromatic rings. The molecule has 2 saturated heterocycles. The minimum atomic E-state index is -0.995. The maximum atomic E-state index is 14.6. The molecule has 0 aromatic heterocycles. The first kappa shape index (κ1) is 18.4. The zero-order valence-corrected chi connectivity index (χ0v) is 15.2. The van der Waals surface area contributed by atoms with Crippen LogP contribution in [0.3, 0.4) is 0 Å². The van der Waals surface area contributed by atoms with Gasteiger partial charge in [-0.25, -0.2) is 4.39 Å². The molecule has 0 saturated carbocycles. The summed E-state index contributed by atoms with van der Waals surface area (Å²) >= 11 is 0. The molecule has 2 fully saturated rings. The highest BCUT2D eigenvalue weighted by Gasteiger charge is 2.47. The van der Waals surface area contributed by atoms with E-state index in [-0.39, 0.29) is 29.5 Å². The molecule has 0 spiro atoms. The molecule has 0 aliphatic carbocycles. The van der Waals surface area contributed by atoms with Gasteiger partial charge >= 0.3 is 0 Å². The number of ether oxygens (including phenoxy) is 1. The van der Waals surface area contributed by atoms with E-state index in [9.17, 15) is 19.1 Å². The lowest BCUT2D eigenvalue weighted by molar-refractivity contribution is -0.140. The van der Waals surface area contributed by atoms with Crippen molar-refractivity contribution in [1.82, 2.24) is 4.90 Å². The summed E-state index contributed by atoms with van der Waals surface area (Å²) < 4.78 is 20.3. The lowest BCUT2D eigenvalue weighted by Crippen LogP contribution is -2.36. The van der Waals surface area contributed by atoms with Crippen molar-refractivity contribution in [3.63, 3.8) is 0 Å². The molecule has 1 amide bonds. The third kappa shape index (κ3) is 3.20. The van der Waals surface area contributed by atoms with E-state index in [0.717, 1.165) is 12.8 Å². The molecule has 0 unspecified atom stereocenters. The van der Waals surface area contributed by atoms with Gasteiger partial charge < -0.3 is 14.7 Å². The van der Waals surface area contributed by atoms with Crippen molar-refractivity contribution in [2.24, 2.45) is 0 Å². The summed E-state index contributed by atoms with van der Waals surface area (Å²) in [6, 6.07) is 13.5. The number of amides is 1. The molecule has 4 rings (SSSR count). The van der Waals surface area contributed by atoms with Crippen molar-refractivity contribution < 1.29 is 23.8 Å². The fourth-order valence-corrected chi connectivity index (χ4v) is 3.85. The van der Waals surface area contributed by atoms with Gasteiger partial charge in [0.25, 0.3) is 11.7 Å². The average Bonchev–Trinajstić information content (AvgIpc) is 3.31. The van der Waals surface area contributed by atoms with Crippen LogP contribution in [-0.2, 0) is 14.3 Å². The van der Waals surface area contributed by atoms with Gasteiger partial charge in [0.1, 0.15) is 11.6 Å². The predicted molar refractivity (Wildman–Crippen MR) is 101 cm³/mol. The highest BCUT2D eigenvalue weighted by atomic mass is 19.1. The Labute approximate surface area is 162 Å². The van der Waals surface area contributed by atoms with Crippen molar-refractivity contribution in [3.8, 4) is 0 Å². The maximum absolute atomic E-state index is 14.6. The van der Waals surface area contributed by atoms with Crippen molar-refractivity contribution in [3.05, 3.63) is 77.1 Å². The lowest BCUT2D eigenvalue weighted by atomic mass is 9.95. The van der Waals surface area contributed by atoms with Gasteiger partial charge in [-0.2, -0.15) is 0 Å². The van der Waals surface area contributed by atoms with E-state index >= 15 is 0 Å². The van der Waals surface area contributed by atoms with Crippen LogP contribution in [0.25, 0.3) is 5.76 Å². The van der Waals surface area contributed by atoms with E-state index in [1.165, 1.54) is 17.0 Å². The summed E-state index contributed by atoms with van der Waals surface area (Å²) in [5, 5.41) is 10.8. The Bertz CT molecular complexity index is 935. The van der Waals surface area contributed by atoms with Crippen LogP contribution in [0.4, 0.5) is 4.39 Å². The molecule has 144 valence electrons. The summed E-state index contributed by atoms with van der Waals surface area (Å²) in [7, 11) is 0. The van der Waals surface area contributed by atoms with Crippen LogP contribution in [0.15, 0.2) is 60.2 Å². The fourth-order valence-electron chi connectivity index (χ4n) is 3.85. The first-order valence-corrected chi connectivity index (χ1v) is 9.28. The van der Waals surface area contributed by atoms with Gasteiger partial charge in [-0.3, -0.25) is 9.59 Å². The number of carbonyl (C=O) groups is 2. The predicted octanol–water partition coefficient (Wildman–Crippen LogP) is 3.43. The van der Waals surface area contributed by atoms with Crippen LogP contribution in [0.2, 0.25) is 0 Å². The number of halogens is 1. The SMILES string of the molecule is O=C1C(=O)N(C[C@@H]2CCCO2)[C@@H](c2ccccc2F)/C1=C(\O)c1ccccc1. The monoisotopic (exact) mass is 381 g/mol. The first-order valence-electron chi connectivity index (χ1n) is 9.28. The molecule has 2 aliphatic rings. The van der Waals surface area contributed by atoms with E-state index in [1.54, 1.807) is 42.5 Å². The Kier molecular flexibility index (Phi) is 4.96. The molecular formula is C22H20FNO4. The Morgan fingerprint density at radius 1 is 1.11 bits per heavy atom. The number of Topliss-reactive ketones (excluding diaryl/α,β-unsaturated/α-hetero) is 1. The first-order chi connectivity index (χ1) is 13.6. The third-order valence-electron chi connectivity index (χ3n) is 5.21. The van der Waals surface area contributed by atoms with Crippen molar-refractivity contribution in [2.45, 2.75) is 25.0 Å². The molecular weight excluding hydrogens is 361 g/mol. The Morgan fingerprint density at radius 2 is 1.82 bits per heavy atom. The summed E-state index contributed by atoms with van der Waals surface area (Å²) in [5.41, 5.74) is 0.482. The van der Waals surface area contributed by atoms with E-state index < -0.39 is 23.5 Å². The van der Waals surface area contributed by atoms with E-state index in [1.807, 2.05) is 0 Å².